The Morgan fingerprint density at radius 3 is 2.52 bits per heavy atom. The summed E-state index contributed by atoms with van der Waals surface area (Å²) in [4.78, 5) is 34.1. The molecule has 3 N–H and O–H groups in total. The number of amides is 1. The van der Waals surface area contributed by atoms with E-state index in [1.165, 1.54) is 19.2 Å². The molecule has 1 aromatic rings. The minimum atomic E-state index is -1.26. The van der Waals surface area contributed by atoms with Crippen molar-refractivity contribution in [2.24, 2.45) is 0 Å². The van der Waals surface area contributed by atoms with E-state index < -0.39 is 23.9 Å². The molecule has 0 unspecified atom stereocenters. The maximum atomic E-state index is 12.0. The Kier molecular flexibility index (Phi) is 5.71. The number of carboxylic acid groups (broad SMARTS) is 1. The van der Waals surface area contributed by atoms with Gasteiger partial charge in [0.1, 0.15) is 11.8 Å². The Balaban J connectivity index is 2.76. The number of carboxylic acids is 1. The van der Waals surface area contributed by atoms with Crippen LogP contribution in [-0.4, -0.2) is 41.2 Å². The normalized spacial score (nSPS) is 11.5. The predicted molar refractivity (Wildman–Crippen MR) is 73.0 cm³/mol. The number of carbonyl (C=O) groups excluding carboxylic acids is 2. The van der Waals surface area contributed by atoms with E-state index in [1.54, 1.807) is 13.0 Å². The monoisotopic (exact) mass is 295 g/mol. The molecule has 7 nitrogen and oxygen atoms in total. The SMILES string of the molecule is COC(=O)CC[C@H](NC(=O)c1ccc(C)cc1O)C(=O)O. The van der Waals surface area contributed by atoms with E-state index in [9.17, 15) is 19.5 Å². The number of esters is 1. The van der Waals surface area contributed by atoms with Crippen LogP contribution in [0.2, 0.25) is 0 Å². The number of aromatic hydroxyl groups is 1. The molecule has 0 saturated heterocycles. The second-order valence-corrected chi connectivity index (χ2v) is 4.50. The molecule has 0 aliphatic carbocycles. The number of benzene rings is 1. The fourth-order valence-corrected chi connectivity index (χ4v) is 1.69. The second-order valence-electron chi connectivity index (χ2n) is 4.50. The molecule has 0 aromatic heterocycles. The molecule has 0 aliphatic rings. The van der Waals surface area contributed by atoms with Gasteiger partial charge in [-0.05, 0) is 31.0 Å². The van der Waals surface area contributed by atoms with Crippen molar-refractivity contribution in [2.75, 3.05) is 7.11 Å². The first-order valence-corrected chi connectivity index (χ1v) is 6.25. The Morgan fingerprint density at radius 1 is 1.33 bits per heavy atom. The molecule has 0 fully saturated rings. The Hall–Kier alpha value is -2.57. The lowest BCUT2D eigenvalue weighted by Crippen LogP contribution is -2.41. The summed E-state index contributed by atoms with van der Waals surface area (Å²) >= 11 is 0. The number of hydrogen-bond donors (Lipinski definition) is 3. The summed E-state index contributed by atoms with van der Waals surface area (Å²) in [6.45, 7) is 1.75. The number of rotatable bonds is 6. The molecular weight excluding hydrogens is 278 g/mol. The molecule has 1 aromatic carbocycles. The van der Waals surface area contributed by atoms with Gasteiger partial charge in [0.15, 0.2) is 0 Å². The molecule has 1 atom stereocenters. The number of phenolic OH excluding ortho intramolecular Hbond substituents is 1. The molecule has 21 heavy (non-hydrogen) atoms. The zero-order valence-corrected chi connectivity index (χ0v) is 11.8. The Labute approximate surface area is 121 Å². The number of carbonyl (C=O) groups is 3. The molecule has 1 rings (SSSR count). The lowest BCUT2D eigenvalue weighted by atomic mass is 10.1. The molecule has 1 amide bonds. The van der Waals surface area contributed by atoms with Crippen LogP contribution in [0.25, 0.3) is 0 Å². The van der Waals surface area contributed by atoms with Crippen molar-refractivity contribution in [3.8, 4) is 5.75 Å². The Bertz CT molecular complexity index is 554. The van der Waals surface area contributed by atoms with Crippen molar-refractivity contribution in [1.29, 1.82) is 0 Å². The van der Waals surface area contributed by atoms with E-state index >= 15 is 0 Å². The van der Waals surface area contributed by atoms with Crippen molar-refractivity contribution < 1.29 is 29.3 Å². The third kappa shape index (κ3) is 4.79. The van der Waals surface area contributed by atoms with Crippen molar-refractivity contribution in [2.45, 2.75) is 25.8 Å². The summed E-state index contributed by atoms with van der Waals surface area (Å²) in [6, 6.07) is 3.19. The highest BCUT2D eigenvalue weighted by molar-refractivity contribution is 5.98. The van der Waals surface area contributed by atoms with Crippen LogP contribution < -0.4 is 5.32 Å². The maximum Gasteiger partial charge on any atom is 0.326 e. The van der Waals surface area contributed by atoms with Gasteiger partial charge in [0.05, 0.1) is 12.7 Å². The van der Waals surface area contributed by atoms with E-state index in [0.29, 0.717) is 0 Å². The number of methoxy groups -OCH3 is 1. The first kappa shape index (κ1) is 16.5. The van der Waals surface area contributed by atoms with E-state index in [-0.39, 0.29) is 24.2 Å². The first-order valence-electron chi connectivity index (χ1n) is 6.25. The summed E-state index contributed by atoms with van der Waals surface area (Å²) < 4.78 is 4.42. The van der Waals surface area contributed by atoms with Gasteiger partial charge in [-0.25, -0.2) is 4.79 Å². The van der Waals surface area contributed by atoms with Crippen LogP contribution in [-0.2, 0) is 14.3 Å². The summed E-state index contributed by atoms with van der Waals surface area (Å²) in [7, 11) is 1.20. The van der Waals surface area contributed by atoms with Crippen LogP contribution in [0.15, 0.2) is 18.2 Å². The fourth-order valence-electron chi connectivity index (χ4n) is 1.69. The minimum Gasteiger partial charge on any atom is -0.507 e. The Morgan fingerprint density at radius 2 is 2.00 bits per heavy atom. The number of nitrogens with one attached hydrogen (secondary N) is 1. The standard InChI is InChI=1S/C14H17NO6/c1-8-3-4-9(11(16)7-8)13(18)15-10(14(19)20)5-6-12(17)21-2/h3-4,7,10,16H,5-6H2,1-2H3,(H,15,18)(H,19,20)/t10-/m0/s1. The predicted octanol–water partition coefficient (Wildman–Crippen LogP) is 0.837. The minimum absolute atomic E-state index is 0.0232. The highest BCUT2D eigenvalue weighted by Crippen LogP contribution is 2.18. The van der Waals surface area contributed by atoms with Gasteiger partial charge in [0, 0.05) is 6.42 Å². The average molecular weight is 295 g/mol. The van der Waals surface area contributed by atoms with Gasteiger partial charge in [-0.2, -0.15) is 0 Å². The molecule has 114 valence electrons. The van der Waals surface area contributed by atoms with Crippen LogP contribution in [0, 0.1) is 6.92 Å². The molecule has 0 bridgehead atoms. The van der Waals surface area contributed by atoms with Gasteiger partial charge in [0.2, 0.25) is 0 Å². The van der Waals surface area contributed by atoms with Gasteiger partial charge >= 0.3 is 11.9 Å². The molecule has 0 spiro atoms. The van der Waals surface area contributed by atoms with Crippen LogP contribution >= 0.6 is 0 Å². The van der Waals surface area contributed by atoms with Crippen LogP contribution in [0.3, 0.4) is 0 Å². The summed E-state index contributed by atoms with van der Waals surface area (Å²) in [5.41, 5.74) is 0.745. The summed E-state index contributed by atoms with van der Waals surface area (Å²) in [5, 5.41) is 21.0. The van der Waals surface area contributed by atoms with Crippen molar-refractivity contribution in [3.05, 3.63) is 29.3 Å². The lowest BCUT2D eigenvalue weighted by Gasteiger charge is -2.14. The zero-order valence-electron chi connectivity index (χ0n) is 11.8. The first-order chi connectivity index (χ1) is 9.85. The van der Waals surface area contributed by atoms with Gasteiger partial charge in [-0.1, -0.05) is 6.07 Å². The van der Waals surface area contributed by atoms with Crippen molar-refractivity contribution in [3.63, 3.8) is 0 Å². The third-order valence-corrected chi connectivity index (χ3v) is 2.87. The molecule has 0 radical (unpaired) electrons. The molecular formula is C14H17NO6. The van der Waals surface area contributed by atoms with Crippen LogP contribution in [0.5, 0.6) is 5.75 Å². The zero-order chi connectivity index (χ0) is 16.0. The van der Waals surface area contributed by atoms with Crippen molar-refractivity contribution >= 4 is 17.8 Å². The number of ether oxygens (including phenoxy) is 1. The number of phenols is 1. The largest absolute Gasteiger partial charge is 0.507 e. The lowest BCUT2D eigenvalue weighted by molar-refractivity contribution is -0.142. The molecule has 0 aliphatic heterocycles. The summed E-state index contributed by atoms with van der Waals surface area (Å²) in [5.74, 6) is -2.78. The van der Waals surface area contributed by atoms with Gasteiger partial charge in [-0.3, -0.25) is 9.59 Å². The average Bonchev–Trinajstić information content (AvgIpc) is 2.42. The number of aliphatic carboxylic acids is 1. The summed E-state index contributed by atoms with van der Waals surface area (Å²) in [6.07, 6.45) is -0.228. The molecule has 0 heterocycles. The van der Waals surface area contributed by atoms with E-state index in [0.717, 1.165) is 5.56 Å². The third-order valence-electron chi connectivity index (χ3n) is 2.87. The quantitative estimate of drug-likeness (QED) is 0.670. The van der Waals surface area contributed by atoms with Gasteiger partial charge in [-0.15, -0.1) is 0 Å². The van der Waals surface area contributed by atoms with Gasteiger partial charge < -0.3 is 20.3 Å². The number of aryl methyl sites for hydroxylation is 1. The molecule has 7 heteroatoms. The maximum absolute atomic E-state index is 12.0. The number of hydrogen-bond acceptors (Lipinski definition) is 5. The van der Waals surface area contributed by atoms with E-state index in [4.69, 9.17) is 5.11 Å². The molecule has 0 saturated carbocycles. The smallest absolute Gasteiger partial charge is 0.326 e. The van der Waals surface area contributed by atoms with E-state index in [2.05, 4.69) is 10.1 Å². The topological polar surface area (TPSA) is 113 Å². The van der Waals surface area contributed by atoms with E-state index in [1.807, 2.05) is 0 Å². The highest BCUT2D eigenvalue weighted by atomic mass is 16.5. The highest BCUT2D eigenvalue weighted by Gasteiger charge is 2.23. The fraction of sp³-hybridized carbons (Fsp3) is 0.357. The second kappa shape index (κ2) is 7.28. The van der Waals surface area contributed by atoms with Crippen LogP contribution in [0.4, 0.5) is 0 Å². The van der Waals surface area contributed by atoms with Gasteiger partial charge in [0.25, 0.3) is 5.91 Å². The van der Waals surface area contributed by atoms with Crippen LogP contribution in [0.1, 0.15) is 28.8 Å². The van der Waals surface area contributed by atoms with Crippen molar-refractivity contribution in [1.82, 2.24) is 5.32 Å².